The lowest BCUT2D eigenvalue weighted by Crippen LogP contribution is -2.27. The molecule has 0 fully saturated rings. The molecule has 1 amide bonds. The van der Waals surface area contributed by atoms with Gasteiger partial charge in [0.25, 0.3) is 0 Å². The number of amides is 1. The van der Waals surface area contributed by atoms with E-state index in [9.17, 15) is 10.0 Å². The van der Waals surface area contributed by atoms with E-state index in [1.54, 1.807) is 0 Å². The van der Waals surface area contributed by atoms with Gasteiger partial charge in [0, 0.05) is 6.92 Å². The molecule has 0 radical (unpaired) electrons. The van der Waals surface area contributed by atoms with Crippen molar-refractivity contribution in [1.82, 2.24) is 5.06 Å². The van der Waals surface area contributed by atoms with Crippen molar-refractivity contribution < 1.29 is 14.7 Å². The highest BCUT2D eigenvalue weighted by atomic mass is 16.5. The molecule has 0 bridgehead atoms. The third-order valence-electron chi connectivity index (χ3n) is 4.16. The van der Waals surface area contributed by atoms with Crippen LogP contribution in [0.25, 0.3) is 6.08 Å². The Morgan fingerprint density at radius 2 is 1.96 bits per heavy atom. The lowest BCUT2D eigenvalue weighted by atomic mass is 9.92. The van der Waals surface area contributed by atoms with Crippen LogP contribution in [0.5, 0.6) is 5.75 Å². The van der Waals surface area contributed by atoms with Crippen LogP contribution in [0.1, 0.15) is 30.0 Å². The number of hydrogen-bond donors (Lipinski definition) is 1. The zero-order valence-corrected chi connectivity index (χ0v) is 13.7. The number of aryl methyl sites for hydroxylation is 1. The minimum atomic E-state index is -0.346. The summed E-state index contributed by atoms with van der Waals surface area (Å²) in [7, 11) is 0. The van der Waals surface area contributed by atoms with Crippen molar-refractivity contribution in [2.45, 2.75) is 26.4 Å². The van der Waals surface area contributed by atoms with Gasteiger partial charge in [-0.25, -0.2) is 5.06 Å². The van der Waals surface area contributed by atoms with Crippen LogP contribution in [-0.4, -0.2) is 22.7 Å². The number of rotatable bonds is 5. The topological polar surface area (TPSA) is 49.8 Å². The lowest BCUT2D eigenvalue weighted by Gasteiger charge is -2.20. The number of hydroxylamine groups is 2. The number of ether oxygens (including phenoxy) is 1. The van der Waals surface area contributed by atoms with E-state index in [4.69, 9.17) is 4.74 Å². The van der Waals surface area contributed by atoms with Crippen molar-refractivity contribution in [3.8, 4) is 5.75 Å². The molecule has 1 aliphatic rings. The Kier molecular flexibility index (Phi) is 4.96. The quantitative estimate of drug-likeness (QED) is 0.672. The van der Waals surface area contributed by atoms with Gasteiger partial charge in [0.1, 0.15) is 12.4 Å². The first-order valence-corrected chi connectivity index (χ1v) is 8.08. The Labute approximate surface area is 141 Å². The summed E-state index contributed by atoms with van der Waals surface area (Å²) in [6.07, 6.45) is 3.80. The molecular formula is C20H21NO3. The van der Waals surface area contributed by atoms with Gasteiger partial charge >= 0.3 is 0 Å². The molecule has 0 saturated carbocycles. The van der Waals surface area contributed by atoms with Crippen molar-refractivity contribution in [2.75, 3.05) is 6.54 Å². The number of fused-ring (bicyclic) bond motifs is 1. The monoisotopic (exact) mass is 323 g/mol. The van der Waals surface area contributed by atoms with Gasteiger partial charge < -0.3 is 4.74 Å². The van der Waals surface area contributed by atoms with E-state index in [0.29, 0.717) is 6.61 Å². The second kappa shape index (κ2) is 7.32. The van der Waals surface area contributed by atoms with Gasteiger partial charge in [-0.3, -0.25) is 10.0 Å². The summed E-state index contributed by atoms with van der Waals surface area (Å²) < 4.78 is 5.87. The maximum absolute atomic E-state index is 11.2. The molecule has 4 nitrogen and oxygen atoms in total. The summed E-state index contributed by atoms with van der Waals surface area (Å²) >= 11 is 0. The SMILES string of the molecule is CC(=O)N(O)CC1=Cc2cc(OCc3ccccc3)ccc2CC1. The van der Waals surface area contributed by atoms with E-state index in [-0.39, 0.29) is 12.5 Å². The molecule has 1 aliphatic carbocycles. The minimum absolute atomic E-state index is 0.254. The Hall–Kier alpha value is -2.59. The van der Waals surface area contributed by atoms with Gasteiger partial charge in [-0.1, -0.05) is 42.5 Å². The van der Waals surface area contributed by atoms with Crippen LogP contribution in [0.15, 0.2) is 54.1 Å². The van der Waals surface area contributed by atoms with Gasteiger partial charge in [0.05, 0.1) is 6.54 Å². The molecule has 0 saturated heterocycles. The molecule has 1 N–H and O–H groups in total. The van der Waals surface area contributed by atoms with Gasteiger partial charge in [-0.2, -0.15) is 0 Å². The van der Waals surface area contributed by atoms with Crippen molar-refractivity contribution >= 4 is 12.0 Å². The summed E-state index contributed by atoms with van der Waals surface area (Å²) in [6, 6.07) is 16.2. The van der Waals surface area contributed by atoms with Crippen molar-refractivity contribution in [3.05, 3.63) is 70.8 Å². The van der Waals surface area contributed by atoms with Crippen LogP contribution >= 0.6 is 0 Å². The highest BCUT2D eigenvalue weighted by molar-refractivity contribution is 5.72. The Morgan fingerprint density at radius 3 is 2.71 bits per heavy atom. The lowest BCUT2D eigenvalue weighted by molar-refractivity contribution is -0.160. The second-order valence-electron chi connectivity index (χ2n) is 6.01. The molecule has 24 heavy (non-hydrogen) atoms. The van der Waals surface area contributed by atoms with Gasteiger partial charge in [-0.05, 0) is 47.2 Å². The van der Waals surface area contributed by atoms with Crippen molar-refractivity contribution in [3.63, 3.8) is 0 Å². The summed E-state index contributed by atoms with van der Waals surface area (Å²) in [5.74, 6) is 0.476. The van der Waals surface area contributed by atoms with Crippen LogP contribution in [-0.2, 0) is 17.8 Å². The third kappa shape index (κ3) is 4.03. The molecule has 0 heterocycles. The van der Waals surface area contributed by atoms with Crippen molar-refractivity contribution in [1.29, 1.82) is 0 Å². The van der Waals surface area contributed by atoms with E-state index in [1.165, 1.54) is 12.5 Å². The number of carbonyl (C=O) groups is 1. The highest BCUT2D eigenvalue weighted by Crippen LogP contribution is 2.28. The summed E-state index contributed by atoms with van der Waals surface area (Å²) in [5.41, 5.74) is 4.53. The first-order chi connectivity index (χ1) is 11.6. The standard InChI is InChI=1S/C20H21NO3/c1-15(22)21(23)13-17-7-8-18-9-10-20(12-19(18)11-17)24-14-16-5-3-2-4-6-16/h2-6,9-12,23H,7-8,13-14H2,1H3. The molecule has 124 valence electrons. The Balaban J connectivity index is 1.71. The average Bonchev–Trinajstić information content (AvgIpc) is 2.60. The van der Waals surface area contributed by atoms with E-state index >= 15 is 0 Å². The fourth-order valence-electron chi connectivity index (χ4n) is 2.78. The van der Waals surface area contributed by atoms with E-state index in [0.717, 1.165) is 40.4 Å². The molecule has 0 aliphatic heterocycles. The maximum atomic E-state index is 11.2. The third-order valence-corrected chi connectivity index (χ3v) is 4.16. The summed E-state index contributed by atoms with van der Waals surface area (Å²) in [6.45, 7) is 2.14. The highest BCUT2D eigenvalue weighted by Gasteiger charge is 2.14. The number of benzene rings is 2. The minimum Gasteiger partial charge on any atom is -0.489 e. The Bertz CT molecular complexity index is 753. The van der Waals surface area contributed by atoms with Crippen molar-refractivity contribution in [2.24, 2.45) is 0 Å². The number of hydrogen-bond acceptors (Lipinski definition) is 3. The van der Waals surface area contributed by atoms with Crippen LogP contribution < -0.4 is 4.74 Å². The van der Waals surface area contributed by atoms with Crippen LogP contribution in [0.4, 0.5) is 0 Å². The summed E-state index contributed by atoms with van der Waals surface area (Å²) in [4.78, 5) is 11.2. The smallest absolute Gasteiger partial charge is 0.243 e. The fourth-order valence-corrected chi connectivity index (χ4v) is 2.78. The molecule has 2 aromatic rings. The van der Waals surface area contributed by atoms with Gasteiger partial charge in [0.2, 0.25) is 5.91 Å². The first kappa shape index (κ1) is 16.3. The van der Waals surface area contributed by atoms with E-state index in [2.05, 4.69) is 6.07 Å². The molecular weight excluding hydrogens is 302 g/mol. The largest absolute Gasteiger partial charge is 0.489 e. The first-order valence-electron chi connectivity index (χ1n) is 8.08. The van der Waals surface area contributed by atoms with Crippen LogP contribution in [0.3, 0.4) is 0 Å². The molecule has 0 spiro atoms. The number of nitrogens with zero attached hydrogens (tertiary/aromatic N) is 1. The maximum Gasteiger partial charge on any atom is 0.243 e. The normalized spacial score (nSPS) is 13.0. The molecule has 0 atom stereocenters. The number of carbonyl (C=O) groups excluding carboxylic acids is 1. The summed E-state index contributed by atoms with van der Waals surface area (Å²) in [5, 5.41) is 10.4. The fraction of sp³-hybridized carbons (Fsp3) is 0.250. The zero-order valence-electron chi connectivity index (χ0n) is 13.7. The van der Waals surface area contributed by atoms with E-state index < -0.39 is 0 Å². The molecule has 3 rings (SSSR count). The molecule has 4 heteroatoms. The van der Waals surface area contributed by atoms with Crippen LogP contribution in [0.2, 0.25) is 0 Å². The molecule has 0 unspecified atom stereocenters. The van der Waals surface area contributed by atoms with Gasteiger partial charge in [-0.15, -0.1) is 0 Å². The predicted molar refractivity (Wildman–Crippen MR) is 92.7 cm³/mol. The average molecular weight is 323 g/mol. The van der Waals surface area contributed by atoms with E-state index in [1.807, 2.05) is 48.5 Å². The predicted octanol–water partition coefficient (Wildman–Crippen LogP) is 3.83. The second-order valence-corrected chi connectivity index (χ2v) is 6.01. The van der Waals surface area contributed by atoms with Crippen LogP contribution in [0, 0.1) is 0 Å². The zero-order chi connectivity index (χ0) is 16.9. The molecule has 2 aromatic carbocycles. The Morgan fingerprint density at radius 1 is 1.17 bits per heavy atom. The van der Waals surface area contributed by atoms with Gasteiger partial charge in [0.15, 0.2) is 0 Å². The molecule has 0 aromatic heterocycles.